The number of aryl methyl sites for hydroxylation is 1. The smallest absolute Gasteiger partial charge is 0.387 e. The highest BCUT2D eigenvalue weighted by atomic mass is 19.3. The molecule has 0 saturated heterocycles. The number of ether oxygens (including phenoxy) is 1. The van der Waals surface area contributed by atoms with E-state index in [-0.39, 0.29) is 5.75 Å². The molecule has 1 aromatic rings. The molecular formula is C12H15F2NO. The zero-order valence-electron chi connectivity index (χ0n) is 9.12. The lowest BCUT2D eigenvalue weighted by molar-refractivity contribution is -0.0503. The van der Waals surface area contributed by atoms with E-state index in [4.69, 9.17) is 5.73 Å². The van der Waals surface area contributed by atoms with Crippen LogP contribution in [0, 0.1) is 12.8 Å². The maximum Gasteiger partial charge on any atom is 0.387 e. The maximum absolute atomic E-state index is 12.1. The van der Waals surface area contributed by atoms with Gasteiger partial charge in [-0.15, -0.1) is 0 Å². The Morgan fingerprint density at radius 3 is 2.81 bits per heavy atom. The summed E-state index contributed by atoms with van der Waals surface area (Å²) < 4.78 is 28.8. The minimum atomic E-state index is -2.77. The van der Waals surface area contributed by atoms with Crippen molar-refractivity contribution in [2.75, 3.05) is 6.54 Å². The zero-order chi connectivity index (χ0) is 11.7. The summed E-state index contributed by atoms with van der Waals surface area (Å²) in [4.78, 5) is 0. The topological polar surface area (TPSA) is 35.2 Å². The van der Waals surface area contributed by atoms with Gasteiger partial charge >= 0.3 is 6.61 Å². The molecule has 1 aliphatic carbocycles. The van der Waals surface area contributed by atoms with E-state index in [9.17, 15) is 8.78 Å². The standard InChI is InChI=1S/C12H15F2NO/c1-7-2-3-8(10-4-9(10)6-15)5-11(7)16-12(13)14/h2-3,5,9-10,12H,4,6,15H2,1H3/t9-,10-/m0/s1. The second kappa shape index (κ2) is 4.37. The van der Waals surface area contributed by atoms with E-state index < -0.39 is 6.61 Å². The third-order valence-electron chi connectivity index (χ3n) is 3.08. The summed E-state index contributed by atoms with van der Waals surface area (Å²) in [5.41, 5.74) is 7.34. The monoisotopic (exact) mass is 227 g/mol. The minimum absolute atomic E-state index is 0.273. The van der Waals surface area contributed by atoms with Crippen molar-refractivity contribution < 1.29 is 13.5 Å². The van der Waals surface area contributed by atoms with Gasteiger partial charge in [0.25, 0.3) is 0 Å². The molecule has 0 bridgehead atoms. The molecule has 2 rings (SSSR count). The molecule has 1 aliphatic rings. The number of rotatable bonds is 4. The van der Waals surface area contributed by atoms with Crippen LogP contribution >= 0.6 is 0 Å². The van der Waals surface area contributed by atoms with Gasteiger partial charge < -0.3 is 10.5 Å². The van der Waals surface area contributed by atoms with Crippen LogP contribution in [0.4, 0.5) is 8.78 Å². The number of hydrogen-bond acceptors (Lipinski definition) is 2. The molecule has 0 aromatic heterocycles. The van der Waals surface area contributed by atoms with Crippen LogP contribution < -0.4 is 10.5 Å². The molecule has 1 fully saturated rings. The zero-order valence-corrected chi connectivity index (χ0v) is 9.12. The third-order valence-corrected chi connectivity index (χ3v) is 3.08. The van der Waals surface area contributed by atoms with E-state index in [0.717, 1.165) is 17.5 Å². The van der Waals surface area contributed by atoms with E-state index in [0.29, 0.717) is 18.4 Å². The molecule has 0 radical (unpaired) electrons. The van der Waals surface area contributed by atoms with Crippen molar-refractivity contribution in [1.29, 1.82) is 0 Å². The quantitative estimate of drug-likeness (QED) is 0.858. The molecule has 16 heavy (non-hydrogen) atoms. The van der Waals surface area contributed by atoms with Crippen molar-refractivity contribution in [3.05, 3.63) is 29.3 Å². The molecule has 0 spiro atoms. The molecule has 1 saturated carbocycles. The summed E-state index contributed by atoms with van der Waals surface area (Å²) in [6.45, 7) is -0.350. The molecule has 2 nitrogen and oxygen atoms in total. The van der Waals surface area contributed by atoms with Crippen molar-refractivity contribution >= 4 is 0 Å². The van der Waals surface area contributed by atoms with Gasteiger partial charge in [0.05, 0.1) is 0 Å². The summed E-state index contributed by atoms with van der Waals surface area (Å²) in [5, 5.41) is 0. The van der Waals surface area contributed by atoms with Gasteiger partial charge in [-0.25, -0.2) is 0 Å². The molecule has 4 heteroatoms. The number of alkyl halides is 2. The lowest BCUT2D eigenvalue weighted by Gasteiger charge is -2.09. The summed E-state index contributed by atoms with van der Waals surface area (Å²) >= 11 is 0. The van der Waals surface area contributed by atoms with Gasteiger partial charge in [-0.05, 0) is 48.9 Å². The van der Waals surface area contributed by atoms with Crippen LogP contribution in [0.25, 0.3) is 0 Å². The van der Waals surface area contributed by atoms with Crippen LogP contribution in [0.1, 0.15) is 23.5 Å². The van der Waals surface area contributed by atoms with Gasteiger partial charge in [-0.2, -0.15) is 8.78 Å². The Kier molecular flexibility index (Phi) is 3.10. The highest BCUT2D eigenvalue weighted by molar-refractivity contribution is 5.40. The Labute approximate surface area is 93.4 Å². The molecule has 88 valence electrons. The van der Waals surface area contributed by atoms with Crippen LogP contribution in [0.5, 0.6) is 5.75 Å². The molecule has 1 aromatic carbocycles. The average molecular weight is 227 g/mol. The second-order valence-corrected chi connectivity index (χ2v) is 4.24. The van der Waals surface area contributed by atoms with Gasteiger partial charge in [0.2, 0.25) is 0 Å². The lowest BCUT2D eigenvalue weighted by Crippen LogP contribution is -2.04. The van der Waals surface area contributed by atoms with Crippen LogP contribution in [-0.2, 0) is 0 Å². The number of halogens is 2. The van der Waals surface area contributed by atoms with Crippen molar-refractivity contribution in [3.63, 3.8) is 0 Å². The molecule has 2 N–H and O–H groups in total. The first-order chi connectivity index (χ1) is 7.61. The second-order valence-electron chi connectivity index (χ2n) is 4.24. The molecular weight excluding hydrogens is 212 g/mol. The first kappa shape index (κ1) is 11.3. The first-order valence-electron chi connectivity index (χ1n) is 5.37. The highest BCUT2D eigenvalue weighted by Gasteiger charge is 2.37. The third kappa shape index (κ3) is 2.32. The summed E-state index contributed by atoms with van der Waals surface area (Å²) in [6, 6.07) is 5.49. The SMILES string of the molecule is Cc1ccc([C@@H]2C[C@H]2CN)cc1OC(F)F. The Morgan fingerprint density at radius 1 is 1.50 bits per heavy atom. The molecule has 0 amide bonds. The van der Waals surface area contributed by atoms with Gasteiger partial charge in [0.1, 0.15) is 5.75 Å². The van der Waals surface area contributed by atoms with E-state index in [1.165, 1.54) is 0 Å². The van der Waals surface area contributed by atoms with Crippen molar-refractivity contribution in [1.82, 2.24) is 0 Å². The van der Waals surface area contributed by atoms with E-state index in [1.54, 1.807) is 13.0 Å². The predicted octanol–water partition coefficient (Wildman–Crippen LogP) is 2.66. The number of benzene rings is 1. The Hall–Kier alpha value is -1.16. The largest absolute Gasteiger partial charge is 0.435 e. The van der Waals surface area contributed by atoms with Crippen molar-refractivity contribution in [2.24, 2.45) is 11.7 Å². The lowest BCUT2D eigenvalue weighted by atomic mass is 10.1. The highest BCUT2D eigenvalue weighted by Crippen LogP contribution is 2.47. The van der Waals surface area contributed by atoms with E-state index in [1.807, 2.05) is 12.1 Å². The Bertz CT molecular complexity index is 381. The molecule has 0 heterocycles. The molecule has 0 aliphatic heterocycles. The predicted molar refractivity (Wildman–Crippen MR) is 57.7 cm³/mol. The summed E-state index contributed by atoms with van der Waals surface area (Å²) in [7, 11) is 0. The maximum atomic E-state index is 12.1. The normalized spacial score (nSPS) is 23.6. The Balaban J connectivity index is 2.16. The minimum Gasteiger partial charge on any atom is -0.435 e. The van der Waals surface area contributed by atoms with E-state index >= 15 is 0 Å². The fourth-order valence-corrected chi connectivity index (χ4v) is 1.99. The van der Waals surface area contributed by atoms with Crippen LogP contribution in [0.3, 0.4) is 0 Å². The van der Waals surface area contributed by atoms with Crippen LogP contribution in [-0.4, -0.2) is 13.2 Å². The van der Waals surface area contributed by atoms with Gasteiger partial charge in [0.15, 0.2) is 0 Å². The first-order valence-corrected chi connectivity index (χ1v) is 5.37. The molecule has 0 unspecified atom stereocenters. The van der Waals surface area contributed by atoms with Crippen molar-refractivity contribution in [3.8, 4) is 5.75 Å². The van der Waals surface area contributed by atoms with Gasteiger partial charge in [-0.1, -0.05) is 12.1 Å². The van der Waals surface area contributed by atoms with Gasteiger partial charge in [0, 0.05) is 0 Å². The fourth-order valence-electron chi connectivity index (χ4n) is 1.99. The van der Waals surface area contributed by atoms with Crippen molar-refractivity contribution in [2.45, 2.75) is 25.9 Å². The Morgan fingerprint density at radius 2 is 2.25 bits per heavy atom. The van der Waals surface area contributed by atoms with Crippen LogP contribution in [0.2, 0.25) is 0 Å². The summed E-state index contributed by atoms with van der Waals surface area (Å²) in [6.07, 6.45) is 1.05. The number of nitrogens with two attached hydrogens (primary N) is 1. The fraction of sp³-hybridized carbons (Fsp3) is 0.500. The summed E-state index contributed by atoms with van der Waals surface area (Å²) in [5.74, 6) is 1.20. The van der Waals surface area contributed by atoms with E-state index in [2.05, 4.69) is 4.74 Å². The molecule has 2 atom stereocenters. The van der Waals surface area contributed by atoms with Gasteiger partial charge in [-0.3, -0.25) is 0 Å². The van der Waals surface area contributed by atoms with Crippen LogP contribution in [0.15, 0.2) is 18.2 Å². The average Bonchev–Trinajstić information content (AvgIpc) is 3.00. The number of hydrogen-bond donors (Lipinski definition) is 1.